The van der Waals surface area contributed by atoms with Gasteiger partial charge < -0.3 is 9.64 Å². The van der Waals surface area contributed by atoms with Crippen molar-refractivity contribution in [3.05, 3.63) is 50.7 Å². The Bertz CT molecular complexity index is 883. The van der Waals surface area contributed by atoms with Crippen LogP contribution in [0.15, 0.2) is 39.9 Å². The Hall–Kier alpha value is -2.01. The third-order valence-corrected chi connectivity index (χ3v) is 5.60. The van der Waals surface area contributed by atoms with Gasteiger partial charge >= 0.3 is 0 Å². The number of benzene rings is 1. The largest absolute Gasteiger partial charge is 0.367 e. The minimum Gasteiger partial charge on any atom is -0.367 e. The number of primary sulfonamides is 1. The van der Waals surface area contributed by atoms with Gasteiger partial charge in [-0.25, -0.2) is 13.6 Å². The maximum Gasteiger partial charge on any atom is 0.293 e. The minimum atomic E-state index is -4.01. The summed E-state index contributed by atoms with van der Waals surface area (Å²) in [5, 5.41) is 20.5. The number of nitro groups is 1. The van der Waals surface area contributed by atoms with Crippen molar-refractivity contribution in [2.24, 2.45) is 5.14 Å². The summed E-state index contributed by atoms with van der Waals surface area (Å²) in [4.78, 5) is 12.4. The van der Waals surface area contributed by atoms with Gasteiger partial charge in [0.05, 0.1) is 15.9 Å². The quantitative estimate of drug-likeness (QED) is 0.639. The van der Waals surface area contributed by atoms with Gasteiger partial charge in [-0.05, 0) is 41.4 Å². The van der Waals surface area contributed by atoms with Gasteiger partial charge in [-0.2, -0.15) is 11.3 Å². The lowest BCUT2D eigenvalue weighted by Crippen LogP contribution is -2.43. The number of thiophene rings is 1. The van der Waals surface area contributed by atoms with Crippen LogP contribution in [0.3, 0.4) is 0 Å². The lowest BCUT2D eigenvalue weighted by atomic mass is 10.1. The molecule has 0 saturated carbocycles. The van der Waals surface area contributed by atoms with E-state index in [1.54, 1.807) is 11.3 Å². The summed E-state index contributed by atoms with van der Waals surface area (Å²) >= 11 is 1.56. The van der Waals surface area contributed by atoms with Gasteiger partial charge in [0, 0.05) is 19.2 Å². The van der Waals surface area contributed by atoms with Crippen molar-refractivity contribution in [1.82, 2.24) is 0 Å². The van der Waals surface area contributed by atoms with E-state index in [0.29, 0.717) is 18.8 Å². The molecule has 2 atom stereocenters. The Labute approximate surface area is 149 Å². The SMILES string of the molecule is CC1CN(c2ccc(S(N)(=O)=O)cc2[N+](=O)[O-])CC(c2ccsc2)O1. The molecule has 2 unspecified atom stereocenters. The average molecular weight is 383 g/mol. The second-order valence-corrected chi connectivity index (χ2v) is 8.19. The molecule has 0 bridgehead atoms. The molecule has 134 valence electrons. The van der Waals surface area contributed by atoms with E-state index < -0.39 is 14.9 Å². The monoisotopic (exact) mass is 383 g/mol. The highest BCUT2D eigenvalue weighted by molar-refractivity contribution is 7.89. The third kappa shape index (κ3) is 3.82. The number of rotatable bonds is 4. The van der Waals surface area contributed by atoms with Crippen molar-refractivity contribution in [3.8, 4) is 0 Å². The predicted molar refractivity (Wildman–Crippen MR) is 94.3 cm³/mol. The van der Waals surface area contributed by atoms with E-state index in [9.17, 15) is 18.5 Å². The molecule has 0 radical (unpaired) electrons. The molecular formula is C15H17N3O5S2. The number of anilines is 1. The molecule has 1 aromatic heterocycles. The van der Waals surface area contributed by atoms with Crippen LogP contribution in [-0.4, -0.2) is 32.5 Å². The first kappa shape index (κ1) is 17.8. The van der Waals surface area contributed by atoms with E-state index in [4.69, 9.17) is 9.88 Å². The van der Waals surface area contributed by atoms with Crippen LogP contribution in [0.25, 0.3) is 0 Å². The van der Waals surface area contributed by atoms with Crippen LogP contribution in [0.4, 0.5) is 11.4 Å². The Kier molecular flexibility index (Phi) is 4.78. The molecule has 0 amide bonds. The lowest BCUT2D eigenvalue weighted by Gasteiger charge is -2.37. The van der Waals surface area contributed by atoms with E-state index in [1.165, 1.54) is 12.1 Å². The van der Waals surface area contributed by atoms with E-state index in [1.807, 2.05) is 28.7 Å². The zero-order valence-electron chi connectivity index (χ0n) is 13.4. The summed E-state index contributed by atoms with van der Waals surface area (Å²) in [6.07, 6.45) is -0.330. The first-order valence-electron chi connectivity index (χ1n) is 7.49. The number of hydrogen-bond acceptors (Lipinski definition) is 7. The summed E-state index contributed by atoms with van der Waals surface area (Å²) in [5.41, 5.74) is 1.09. The molecule has 1 saturated heterocycles. The van der Waals surface area contributed by atoms with Crippen molar-refractivity contribution in [2.45, 2.75) is 24.0 Å². The van der Waals surface area contributed by atoms with E-state index >= 15 is 0 Å². The smallest absolute Gasteiger partial charge is 0.293 e. The second kappa shape index (κ2) is 6.71. The van der Waals surface area contributed by atoms with Crippen molar-refractivity contribution in [3.63, 3.8) is 0 Å². The molecule has 1 aliphatic rings. The molecule has 2 heterocycles. The van der Waals surface area contributed by atoms with Crippen LogP contribution in [0.1, 0.15) is 18.6 Å². The number of nitrogens with two attached hydrogens (primary N) is 1. The van der Waals surface area contributed by atoms with Crippen LogP contribution < -0.4 is 10.0 Å². The summed E-state index contributed by atoms with van der Waals surface area (Å²) in [6.45, 7) is 2.81. The summed E-state index contributed by atoms with van der Waals surface area (Å²) < 4.78 is 28.9. The van der Waals surface area contributed by atoms with Crippen molar-refractivity contribution in [2.75, 3.05) is 18.0 Å². The second-order valence-electron chi connectivity index (χ2n) is 5.85. The molecule has 1 fully saturated rings. The van der Waals surface area contributed by atoms with Crippen LogP contribution in [0.2, 0.25) is 0 Å². The highest BCUT2D eigenvalue weighted by atomic mass is 32.2. The first-order chi connectivity index (χ1) is 11.8. The van der Waals surface area contributed by atoms with Crippen molar-refractivity contribution >= 4 is 32.7 Å². The van der Waals surface area contributed by atoms with Gasteiger partial charge in [0.25, 0.3) is 5.69 Å². The lowest BCUT2D eigenvalue weighted by molar-refractivity contribution is -0.384. The van der Waals surface area contributed by atoms with E-state index in [-0.39, 0.29) is 22.8 Å². The van der Waals surface area contributed by atoms with Gasteiger partial charge in [-0.3, -0.25) is 10.1 Å². The number of hydrogen-bond donors (Lipinski definition) is 1. The van der Waals surface area contributed by atoms with Crippen molar-refractivity contribution in [1.29, 1.82) is 0 Å². The van der Waals surface area contributed by atoms with Gasteiger partial charge in [-0.15, -0.1) is 0 Å². The highest BCUT2D eigenvalue weighted by Crippen LogP contribution is 2.35. The van der Waals surface area contributed by atoms with Gasteiger partial charge in [0.15, 0.2) is 0 Å². The zero-order chi connectivity index (χ0) is 18.2. The van der Waals surface area contributed by atoms with E-state index in [2.05, 4.69) is 0 Å². The van der Waals surface area contributed by atoms with Crippen LogP contribution in [0.5, 0.6) is 0 Å². The predicted octanol–water partition coefficient (Wildman–Crippen LogP) is 2.27. The fourth-order valence-electron chi connectivity index (χ4n) is 2.88. The molecular weight excluding hydrogens is 366 g/mol. The summed E-state index contributed by atoms with van der Waals surface area (Å²) in [7, 11) is -4.01. The van der Waals surface area contributed by atoms with Gasteiger partial charge in [0.2, 0.25) is 10.0 Å². The van der Waals surface area contributed by atoms with Gasteiger partial charge in [0.1, 0.15) is 11.8 Å². The molecule has 1 aromatic carbocycles. The molecule has 2 aromatic rings. The van der Waals surface area contributed by atoms with Crippen LogP contribution in [0, 0.1) is 10.1 Å². The maximum absolute atomic E-state index is 11.5. The number of nitrogens with zero attached hydrogens (tertiary/aromatic N) is 2. The fourth-order valence-corrected chi connectivity index (χ4v) is 4.12. The molecule has 3 rings (SSSR count). The standard InChI is InChI=1S/C15H17N3O5S2/c1-10-7-17(8-15(23-10)11-4-5-24-9-11)13-3-2-12(25(16,21)22)6-14(13)18(19)20/h2-6,9-10,15H,7-8H2,1H3,(H2,16,21,22). The number of sulfonamides is 1. The Morgan fingerprint density at radius 1 is 1.36 bits per heavy atom. The van der Waals surface area contributed by atoms with Crippen LogP contribution >= 0.6 is 11.3 Å². The molecule has 0 aliphatic carbocycles. The molecule has 2 N–H and O–H groups in total. The minimum absolute atomic E-state index is 0.129. The van der Waals surface area contributed by atoms with Gasteiger partial charge in [-0.1, -0.05) is 0 Å². The Balaban J connectivity index is 1.98. The molecule has 25 heavy (non-hydrogen) atoms. The summed E-state index contributed by atoms with van der Waals surface area (Å²) in [5.74, 6) is 0. The number of morpholine rings is 1. The fraction of sp³-hybridized carbons (Fsp3) is 0.333. The normalized spacial score (nSPS) is 21.3. The zero-order valence-corrected chi connectivity index (χ0v) is 15.0. The molecule has 10 heteroatoms. The Morgan fingerprint density at radius 3 is 2.72 bits per heavy atom. The first-order valence-corrected chi connectivity index (χ1v) is 9.98. The maximum atomic E-state index is 11.5. The molecule has 0 spiro atoms. The number of ether oxygens (including phenoxy) is 1. The third-order valence-electron chi connectivity index (χ3n) is 3.99. The molecule has 1 aliphatic heterocycles. The van der Waals surface area contributed by atoms with Crippen LogP contribution in [-0.2, 0) is 14.8 Å². The van der Waals surface area contributed by atoms with Crippen molar-refractivity contribution < 1.29 is 18.1 Å². The Morgan fingerprint density at radius 2 is 2.12 bits per heavy atom. The summed E-state index contributed by atoms with van der Waals surface area (Å²) in [6, 6.07) is 5.69. The topological polar surface area (TPSA) is 116 Å². The molecule has 8 nitrogen and oxygen atoms in total. The number of nitro benzene ring substituents is 1. The average Bonchev–Trinajstić information content (AvgIpc) is 3.07. The van der Waals surface area contributed by atoms with E-state index in [0.717, 1.165) is 11.6 Å². The highest BCUT2D eigenvalue weighted by Gasteiger charge is 2.31.